The molecule has 1 amide bonds. The third kappa shape index (κ3) is 5.31. The zero-order valence-electron chi connectivity index (χ0n) is 15.0. The van der Waals surface area contributed by atoms with Crippen LogP contribution in [0.2, 0.25) is 0 Å². The average Bonchev–Trinajstić information content (AvgIpc) is 3.12. The zero-order valence-corrected chi connectivity index (χ0v) is 16.6. The van der Waals surface area contributed by atoms with Crippen LogP contribution in [0.15, 0.2) is 68.6 Å². The Labute approximate surface area is 166 Å². The molecule has 0 bridgehead atoms. The van der Waals surface area contributed by atoms with Crippen LogP contribution < -0.4 is 10.2 Å². The lowest BCUT2D eigenvalue weighted by molar-refractivity contribution is -0.123. The van der Waals surface area contributed by atoms with Crippen LogP contribution in [0, 0.1) is 13.8 Å². The molecule has 0 radical (unpaired) electrons. The summed E-state index contributed by atoms with van der Waals surface area (Å²) in [7, 11) is 0. The molecule has 5 nitrogen and oxygen atoms in total. The van der Waals surface area contributed by atoms with Crippen molar-refractivity contribution in [3.63, 3.8) is 0 Å². The van der Waals surface area contributed by atoms with Crippen LogP contribution in [0.3, 0.4) is 0 Å². The molecule has 3 aromatic rings. The number of furan rings is 1. The Balaban J connectivity index is 1.51. The van der Waals surface area contributed by atoms with Gasteiger partial charge in [-0.1, -0.05) is 34.1 Å². The molecule has 1 aromatic heterocycles. The highest BCUT2D eigenvalue weighted by Crippen LogP contribution is 2.24. The lowest BCUT2D eigenvalue weighted by Crippen LogP contribution is -2.24. The minimum Gasteiger partial charge on any atom is -0.484 e. The van der Waals surface area contributed by atoms with Crippen molar-refractivity contribution in [2.45, 2.75) is 13.8 Å². The molecule has 0 aliphatic heterocycles. The van der Waals surface area contributed by atoms with Gasteiger partial charge in [0.25, 0.3) is 5.91 Å². The average molecular weight is 427 g/mol. The van der Waals surface area contributed by atoms with Crippen LogP contribution in [0.25, 0.3) is 11.3 Å². The normalized spacial score (nSPS) is 10.9. The second kappa shape index (κ2) is 8.68. The largest absolute Gasteiger partial charge is 0.484 e. The summed E-state index contributed by atoms with van der Waals surface area (Å²) in [6, 6.07) is 17.1. The monoisotopic (exact) mass is 426 g/mol. The second-order valence-electron chi connectivity index (χ2n) is 6.04. The van der Waals surface area contributed by atoms with Gasteiger partial charge >= 0.3 is 0 Å². The topological polar surface area (TPSA) is 63.8 Å². The predicted octanol–water partition coefficient (Wildman–Crippen LogP) is 4.86. The summed E-state index contributed by atoms with van der Waals surface area (Å²) < 4.78 is 12.1. The molecule has 0 saturated carbocycles. The quantitative estimate of drug-likeness (QED) is 0.452. The number of hydrogen-bond donors (Lipinski definition) is 1. The number of benzene rings is 2. The zero-order chi connectivity index (χ0) is 19.2. The van der Waals surface area contributed by atoms with Crippen molar-refractivity contribution in [2.75, 3.05) is 6.61 Å². The molecule has 1 heterocycles. The maximum atomic E-state index is 11.8. The first-order chi connectivity index (χ1) is 13.0. The maximum Gasteiger partial charge on any atom is 0.277 e. The van der Waals surface area contributed by atoms with Gasteiger partial charge in [-0.05, 0) is 61.4 Å². The minimum absolute atomic E-state index is 0.110. The summed E-state index contributed by atoms with van der Waals surface area (Å²) in [6.45, 7) is 3.91. The van der Waals surface area contributed by atoms with E-state index in [9.17, 15) is 4.79 Å². The highest BCUT2D eigenvalue weighted by molar-refractivity contribution is 9.10. The van der Waals surface area contributed by atoms with Crippen LogP contribution in [-0.4, -0.2) is 18.7 Å². The molecule has 6 heteroatoms. The van der Waals surface area contributed by atoms with E-state index in [1.165, 1.54) is 11.8 Å². The standard InChI is InChI=1S/C21H19BrN2O3/c1-14-6-7-18(10-15(14)2)26-13-21(25)24-23-12-19-8-9-20(27-19)16-4-3-5-17(22)11-16/h3-12H,13H2,1-2H3,(H,24,25)/b23-12-. The van der Waals surface area contributed by atoms with Crippen molar-refractivity contribution >= 4 is 28.1 Å². The van der Waals surface area contributed by atoms with Crippen molar-refractivity contribution in [3.8, 4) is 17.1 Å². The fourth-order valence-corrected chi connectivity index (χ4v) is 2.77. The molecule has 0 aliphatic rings. The number of halogens is 1. The van der Waals surface area contributed by atoms with E-state index >= 15 is 0 Å². The number of nitrogens with zero attached hydrogens (tertiary/aromatic N) is 1. The molecule has 1 N–H and O–H groups in total. The van der Waals surface area contributed by atoms with E-state index in [-0.39, 0.29) is 12.5 Å². The Morgan fingerprint density at radius 3 is 2.78 bits per heavy atom. The lowest BCUT2D eigenvalue weighted by Gasteiger charge is -2.07. The summed E-state index contributed by atoms with van der Waals surface area (Å²) in [5, 5.41) is 3.90. The molecule has 2 aromatic carbocycles. The number of carbonyl (C=O) groups is 1. The van der Waals surface area contributed by atoms with Gasteiger partial charge < -0.3 is 9.15 Å². The summed E-state index contributed by atoms with van der Waals surface area (Å²) >= 11 is 3.44. The first kappa shape index (κ1) is 18.9. The Bertz CT molecular complexity index is 979. The molecule has 0 unspecified atom stereocenters. The molecular formula is C21H19BrN2O3. The van der Waals surface area contributed by atoms with Crippen molar-refractivity contribution in [3.05, 3.63) is 76.0 Å². The van der Waals surface area contributed by atoms with Gasteiger partial charge in [0.05, 0.1) is 6.21 Å². The van der Waals surface area contributed by atoms with Crippen LogP contribution in [0.1, 0.15) is 16.9 Å². The van der Waals surface area contributed by atoms with Crippen LogP contribution in [0.5, 0.6) is 5.75 Å². The highest BCUT2D eigenvalue weighted by Gasteiger charge is 2.05. The molecule has 0 fully saturated rings. The Morgan fingerprint density at radius 2 is 2.00 bits per heavy atom. The van der Waals surface area contributed by atoms with Gasteiger partial charge in [0.2, 0.25) is 0 Å². The van der Waals surface area contributed by atoms with Gasteiger partial charge in [-0.2, -0.15) is 5.10 Å². The highest BCUT2D eigenvalue weighted by atomic mass is 79.9. The molecule has 138 valence electrons. The number of rotatable bonds is 6. The fraction of sp³-hybridized carbons (Fsp3) is 0.143. The van der Waals surface area contributed by atoms with Crippen LogP contribution in [0.4, 0.5) is 0 Å². The molecular weight excluding hydrogens is 408 g/mol. The number of hydrogen-bond acceptors (Lipinski definition) is 4. The van der Waals surface area contributed by atoms with E-state index in [0.29, 0.717) is 11.5 Å². The third-order valence-electron chi connectivity index (χ3n) is 3.97. The van der Waals surface area contributed by atoms with E-state index in [4.69, 9.17) is 9.15 Å². The first-order valence-corrected chi connectivity index (χ1v) is 9.18. The van der Waals surface area contributed by atoms with Gasteiger partial charge in [0.1, 0.15) is 17.3 Å². The second-order valence-corrected chi connectivity index (χ2v) is 6.96. The number of carbonyl (C=O) groups excluding carboxylic acids is 1. The smallest absolute Gasteiger partial charge is 0.277 e. The summed E-state index contributed by atoms with van der Waals surface area (Å²) in [5.41, 5.74) is 5.67. The van der Waals surface area contributed by atoms with Crippen molar-refractivity contribution < 1.29 is 13.9 Å². The van der Waals surface area contributed by atoms with E-state index in [1.54, 1.807) is 6.07 Å². The van der Waals surface area contributed by atoms with Crippen LogP contribution in [-0.2, 0) is 4.79 Å². The molecule has 0 aliphatic carbocycles. The summed E-state index contributed by atoms with van der Waals surface area (Å²) in [4.78, 5) is 11.8. The summed E-state index contributed by atoms with van der Waals surface area (Å²) in [6.07, 6.45) is 1.45. The Hall–Kier alpha value is -2.86. The Morgan fingerprint density at radius 1 is 1.15 bits per heavy atom. The van der Waals surface area contributed by atoms with Gasteiger partial charge in [-0.3, -0.25) is 4.79 Å². The van der Waals surface area contributed by atoms with Gasteiger partial charge in [0, 0.05) is 10.0 Å². The van der Waals surface area contributed by atoms with E-state index in [2.05, 4.69) is 26.5 Å². The van der Waals surface area contributed by atoms with Crippen molar-refractivity contribution in [1.82, 2.24) is 5.43 Å². The first-order valence-electron chi connectivity index (χ1n) is 8.39. The number of hydrazone groups is 1. The SMILES string of the molecule is Cc1ccc(OCC(=O)N/N=C\c2ccc(-c3cccc(Br)c3)o2)cc1C. The van der Waals surface area contributed by atoms with Crippen molar-refractivity contribution in [1.29, 1.82) is 0 Å². The maximum absolute atomic E-state index is 11.8. The van der Waals surface area contributed by atoms with Gasteiger partial charge in [0.15, 0.2) is 6.61 Å². The van der Waals surface area contributed by atoms with Crippen LogP contribution >= 0.6 is 15.9 Å². The third-order valence-corrected chi connectivity index (χ3v) is 4.46. The van der Waals surface area contributed by atoms with Gasteiger partial charge in [-0.15, -0.1) is 0 Å². The number of aryl methyl sites for hydroxylation is 2. The molecule has 0 spiro atoms. The lowest BCUT2D eigenvalue weighted by atomic mass is 10.1. The van der Waals surface area contributed by atoms with E-state index < -0.39 is 0 Å². The summed E-state index contributed by atoms with van der Waals surface area (Å²) in [5.74, 6) is 1.58. The molecule has 0 atom stereocenters. The molecule has 27 heavy (non-hydrogen) atoms. The van der Waals surface area contributed by atoms with E-state index in [1.807, 2.05) is 62.4 Å². The Kier molecular flexibility index (Phi) is 6.08. The van der Waals surface area contributed by atoms with E-state index in [0.717, 1.165) is 21.4 Å². The predicted molar refractivity (Wildman–Crippen MR) is 109 cm³/mol. The number of nitrogens with one attached hydrogen (secondary N) is 1. The molecule has 3 rings (SSSR count). The van der Waals surface area contributed by atoms with Crippen molar-refractivity contribution in [2.24, 2.45) is 5.10 Å². The van der Waals surface area contributed by atoms with Gasteiger partial charge in [-0.25, -0.2) is 5.43 Å². The fourth-order valence-electron chi connectivity index (χ4n) is 2.37. The number of ether oxygens (including phenoxy) is 1. The molecule has 0 saturated heterocycles. The number of amides is 1. The minimum atomic E-state index is -0.344.